The number of carbonyl (C=O) groups is 2. The Labute approximate surface area is 140 Å². The highest BCUT2D eigenvalue weighted by molar-refractivity contribution is 5.96. The molecule has 24 heavy (non-hydrogen) atoms. The second-order valence-corrected chi connectivity index (χ2v) is 6.33. The molecule has 1 heterocycles. The Kier molecular flexibility index (Phi) is 4.64. The molecule has 0 spiro atoms. The summed E-state index contributed by atoms with van der Waals surface area (Å²) in [4.78, 5) is 24.1. The molecule has 126 valence electrons. The van der Waals surface area contributed by atoms with E-state index in [0.29, 0.717) is 18.2 Å². The third-order valence-electron chi connectivity index (χ3n) is 4.08. The minimum Gasteiger partial charge on any atom is -0.355 e. The fourth-order valence-corrected chi connectivity index (χ4v) is 2.29. The molecule has 1 atom stereocenters. The van der Waals surface area contributed by atoms with Crippen molar-refractivity contribution in [2.75, 3.05) is 6.54 Å². The van der Waals surface area contributed by atoms with Crippen LogP contribution in [0, 0.1) is 12.8 Å². The normalized spacial score (nSPS) is 14.9. The summed E-state index contributed by atoms with van der Waals surface area (Å²) in [6.07, 6.45) is 2.34. The first-order valence-electron chi connectivity index (χ1n) is 8.15. The van der Waals surface area contributed by atoms with E-state index in [1.165, 1.54) is 12.8 Å². The maximum absolute atomic E-state index is 12.2. The Balaban J connectivity index is 1.58. The summed E-state index contributed by atoms with van der Waals surface area (Å²) in [5.41, 5.74) is 2.15. The van der Waals surface area contributed by atoms with Crippen LogP contribution in [0.4, 0.5) is 0 Å². The summed E-state index contributed by atoms with van der Waals surface area (Å²) >= 11 is 0. The average Bonchev–Trinajstić information content (AvgIpc) is 3.27. The standard InChI is InChI=1S/C18H21N3O3/c1-11-3-7-14(8-4-11)16-9-15(21-24-16)18(23)20-12(2)17(22)19-10-13-5-6-13/h3-4,7-9,12-13H,5-6,10H2,1-2H3,(H,19,22)(H,20,23)/t12-/m0/s1. The van der Waals surface area contributed by atoms with Crippen molar-refractivity contribution in [3.8, 4) is 11.3 Å². The van der Waals surface area contributed by atoms with Crippen molar-refractivity contribution in [3.63, 3.8) is 0 Å². The summed E-state index contributed by atoms with van der Waals surface area (Å²) in [6, 6.07) is 8.70. The van der Waals surface area contributed by atoms with E-state index < -0.39 is 11.9 Å². The molecule has 0 unspecified atom stereocenters. The first-order valence-corrected chi connectivity index (χ1v) is 8.15. The van der Waals surface area contributed by atoms with E-state index in [2.05, 4.69) is 15.8 Å². The quantitative estimate of drug-likeness (QED) is 0.852. The summed E-state index contributed by atoms with van der Waals surface area (Å²) in [5, 5.41) is 9.27. The number of aromatic nitrogens is 1. The number of benzene rings is 1. The molecule has 0 bridgehead atoms. The third-order valence-corrected chi connectivity index (χ3v) is 4.08. The van der Waals surface area contributed by atoms with Gasteiger partial charge in [0.1, 0.15) is 6.04 Å². The number of nitrogens with one attached hydrogen (secondary N) is 2. The van der Waals surface area contributed by atoms with E-state index in [1.54, 1.807) is 13.0 Å². The molecule has 1 aliphatic carbocycles. The second kappa shape index (κ2) is 6.86. The zero-order chi connectivity index (χ0) is 17.1. The third kappa shape index (κ3) is 4.01. The molecule has 2 N–H and O–H groups in total. The maximum Gasteiger partial charge on any atom is 0.274 e. The molecule has 2 aromatic rings. The van der Waals surface area contributed by atoms with Crippen molar-refractivity contribution >= 4 is 11.8 Å². The Bertz CT molecular complexity index is 732. The molecule has 1 saturated carbocycles. The number of carbonyl (C=O) groups excluding carboxylic acids is 2. The van der Waals surface area contributed by atoms with Gasteiger partial charge in [-0.1, -0.05) is 35.0 Å². The van der Waals surface area contributed by atoms with Gasteiger partial charge in [0.05, 0.1) is 0 Å². The van der Waals surface area contributed by atoms with Crippen molar-refractivity contribution in [2.45, 2.75) is 32.7 Å². The Hall–Kier alpha value is -2.63. The van der Waals surface area contributed by atoms with Crippen molar-refractivity contribution in [1.82, 2.24) is 15.8 Å². The highest BCUT2D eigenvalue weighted by atomic mass is 16.5. The fourth-order valence-electron chi connectivity index (χ4n) is 2.29. The van der Waals surface area contributed by atoms with Crippen LogP contribution >= 0.6 is 0 Å². The summed E-state index contributed by atoms with van der Waals surface area (Å²) in [5.74, 6) is 0.513. The molecule has 2 amide bonds. The van der Waals surface area contributed by atoms with Gasteiger partial charge in [-0.3, -0.25) is 9.59 Å². The van der Waals surface area contributed by atoms with Crippen LogP contribution in [0.25, 0.3) is 11.3 Å². The first-order chi connectivity index (χ1) is 11.5. The smallest absolute Gasteiger partial charge is 0.274 e. The fraction of sp³-hybridized carbons (Fsp3) is 0.389. The van der Waals surface area contributed by atoms with Crippen LogP contribution in [0.3, 0.4) is 0 Å². The van der Waals surface area contributed by atoms with Crippen LogP contribution in [-0.2, 0) is 4.79 Å². The summed E-state index contributed by atoms with van der Waals surface area (Å²) in [6.45, 7) is 4.33. The van der Waals surface area contributed by atoms with Gasteiger partial charge in [0.25, 0.3) is 5.91 Å². The molecule has 3 rings (SSSR count). The number of amides is 2. The number of hydrogen-bond donors (Lipinski definition) is 2. The van der Waals surface area contributed by atoms with Crippen molar-refractivity contribution in [1.29, 1.82) is 0 Å². The Morgan fingerprint density at radius 2 is 2.00 bits per heavy atom. The molecule has 0 radical (unpaired) electrons. The average molecular weight is 327 g/mol. The Morgan fingerprint density at radius 3 is 2.67 bits per heavy atom. The minimum atomic E-state index is -0.615. The first kappa shape index (κ1) is 16.2. The lowest BCUT2D eigenvalue weighted by molar-refractivity contribution is -0.122. The molecular weight excluding hydrogens is 306 g/mol. The molecule has 1 aromatic heterocycles. The van der Waals surface area contributed by atoms with Gasteiger partial charge in [0, 0.05) is 18.2 Å². The zero-order valence-electron chi connectivity index (χ0n) is 13.8. The predicted molar refractivity (Wildman–Crippen MR) is 89.3 cm³/mol. The van der Waals surface area contributed by atoms with Crippen molar-refractivity contribution < 1.29 is 14.1 Å². The molecule has 0 saturated heterocycles. The van der Waals surface area contributed by atoms with Crippen LogP contribution < -0.4 is 10.6 Å². The topological polar surface area (TPSA) is 84.2 Å². The van der Waals surface area contributed by atoms with E-state index in [4.69, 9.17) is 4.52 Å². The Morgan fingerprint density at radius 1 is 1.29 bits per heavy atom. The molecule has 6 nitrogen and oxygen atoms in total. The summed E-state index contributed by atoms with van der Waals surface area (Å²) < 4.78 is 5.23. The largest absolute Gasteiger partial charge is 0.355 e. The minimum absolute atomic E-state index is 0.160. The molecule has 1 aromatic carbocycles. The van der Waals surface area contributed by atoms with Crippen LogP contribution in [0.1, 0.15) is 35.8 Å². The SMILES string of the molecule is Cc1ccc(-c2cc(C(=O)N[C@@H](C)C(=O)NCC3CC3)no2)cc1. The van der Waals surface area contributed by atoms with E-state index in [-0.39, 0.29) is 11.6 Å². The lowest BCUT2D eigenvalue weighted by Gasteiger charge is -2.12. The van der Waals surface area contributed by atoms with Gasteiger partial charge in [-0.2, -0.15) is 0 Å². The van der Waals surface area contributed by atoms with E-state index >= 15 is 0 Å². The van der Waals surface area contributed by atoms with Gasteiger partial charge in [-0.15, -0.1) is 0 Å². The number of aryl methyl sites for hydroxylation is 1. The van der Waals surface area contributed by atoms with Crippen molar-refractivity contribution in [3.05, 3.63) is 41.6 Å². The van der Waals surface area contributed by atoms with E-state index in [0.717, 1.165) is 11.1 Å². The van der Waals surface area contributed by atoms with Gasteiger partial charge >= 0.3 is 0 Å². The second-order valence-electron chi connectivity index (χ2n) is 6.33. The van der Waals surface area contributed by atoms with Crippen molar-refractivity contribution in [2.24, 2.45) is 5.92 Å². The molecule has 6 heteroatoms. The van der Waals surface area contributed by atoms with Gasteiger partial charge < -0.3 is 15.2 Å². The molecular formula is C18H21N3O3. The predicted octanol–water partition coefficient (Wildman–Crippen LogP) is 2.29. The number of nitrogens with zero attached hydrogens (tertiary/aromatic N) is 1. The molecule has 0 aliphatic heterocycles. The monoisotopic (exact) mass is 327 g/mol. The summed E-state index contributed by atoms with van der Waals surface area (Å²) in [7, 11) is 0. The zero-order valence-corrected chi connectivity index (χ0v) is 13.8. The van der Waals surface area contributed by atoms with Crippen LogP contribution in [0.2, 0.25) is 0 Å². The van der Waals surface area contributed by atoms with Crippen LogP contribution in [-0.4, -0.2) is 29.6 Å². The molecule has 1 aliphatic rings. The highest BCUT2D eigenvalue weighted by Gasteiger charge is 2.24. The van der Waals surface area contributed by atoms with Gasteiger partial charge in [-0.25, -0.2) is 0 Å². The van der Waals surface area contributed by atoms with Crippen LogP contribution in [0.15, 0.2) is 34.9 Å². The number of hydrogen-bond acceptors (Lipinski definition) is 4. The van der Waals surface area contributed by atoms with Gasteiger partial charge in [0.15, 0.2) is 11.5 Å². The lowest BCUT2D eigenvalue weighted by Crippen LogP contribution is -2.45. The molecule has 1 fully saturated rings. The van der Waals surface area contributed by atoms with Crippen LogP contribution in [0.5, 0.6) is 0 Å². The maximum atomic E-state index is 12.2. The number of rotatable bonds is 6. The van der Waals surface area contributed by atoms with Gasteiger partial charge in [-0.05, 0) is 32.6 Å². The van der Waals surface area contributed by atoms with Gasteiger partial charge in [0.2, 0.25) is 5.91 Å². The highest BCUT2D eigenvalue weighted by Crippen LogP contribution is 2.27. The van der Waals surface area contributed by atoms with E-state index in [1.807, 2.05) is 31.2 Å². The lowest BCUT2D eigenvalue weighted by atomic mass is 10.1. The van der Waals surface area contributed by atoms with E-state index in [9.17, 15) is 9.59 Å².